The molecule has 0 amide bonds. The third-order valence-corrected chi connectivity index (χ3v) is 5.52. The number of rotatable bonds is 6. The Morgan fingerprint density at radius 3 is 2.38 bits per heavy atom. The Bertz CT molecular complexity index is 461. The van der Waals surface area contributed by atoms with Crippen molar-refractivity contribution in [2.45, 2.75) is 72.8 Å². The van der Waals surface area contributed by atoms with Crippen LogP contribution in [0.15, 0.2) is 18.2 Å². The van der Waals surface area contributed by atoms with E-state index in [9.17, 15) is 0 Å². The van der Waals surface area contributed by atoms with Crippen molar-refractivity contribution in [2.24, 2.45) is 11.3 Å². The van der Waals surface area contributed by atoms with Gasteiger partial charge in [0.1, 0.15) is 0 Å². The van der Waals surface area contributed by atoms with E-state index >= 15 is 0 Å². The fourth-order valence-electron chi connectivity index (χ4n) is 4.20. The highest BCUT2D eigenvalue weighted by molar-refractivity contribution is 5.34. The lowest BCUT2D eigenvalue weighted by molar-refractivity contribution is 0.199. The molecule has 2 unspecified atom stereocenters. The summed E-state index contributed by atoms with van der Waals surface area (Å²) in [5.74, 6) is 0.759. The van der Waals surface area contributed by atoms with Gasteiger partial charge in [-0.2, -0.15) is 0 Å². The molecule has 118 valence electrons. The van der Waals surface area contributed by atoms with Gasteiger partial charge in [0, 0.05) is 6.04 Å². The van der Waals surface area contributed by atoms with Crippen LogP contribution >= 0.6 is 0 Å². The van der Waals surface area contributed by atoms with Gasteiger partial charge in [-0.25, -0.2) is 0 Å². The van der Waals surface area contributed by atoms with Gasteiger partial charge in [-0.3, -0.25) is 0 Å². The Kier molecular flexibility index (Phi) is 5.48. The number of hydrogen-bond donors (Lipinski definition) is 1. The predicted octanol–water partition coefficient (Wildman–Crippen LogP) is 5.29. The van der Waals surface area contributed by atoms with Gasteiger partial charge in [-0.1, -0.05) is 59.2 Å². The van der Waals surface area contributed by atoms with Crippen molar-refractivity contribution in [1.82, 2.24) is 5.32 Å². The molecular weight excluding hydrogens is 254 g/mol. The molecule has 0 bridgehead atoms. The summed E-state index contributed by atoms with van der Waals surface area (Å²) in [5, 5.41) is 3.79. The van der Waals surface area contributed by atoms with Gasteiger partial charge in [-0.05, 0) is 60.3 Å². The second-order valence-corrected chi connectivity index (χ2v) is 7.26. The van der Waals surface area contributed by atoms with Gasteiger partial charge >= 0.3 is 0 Å². The van der Waals surface area contributed by atoms with E-state index in [4.69, 9.17) is 0 Å². The average Bonchev–Trinajstić information content (AvgIpc) is 2.83. The zero-order valence-corrected chi connectivity index (χ0v) is 14.6. The molecule has 0 aliphatic heterocycles. The summed E-state index contributed by atoms with van der Waals surface area (Å²) in [4.78, 5) is 0. The van der Waals surface area contributed by atoms with Crippen molar-refractivity contribution in [3.8, 4) is 0 Å². The molecule has 2 atom stereocenters. The zero-order chi connectivity index (χ0) is 15.5. The van der Waals surface area contributed by atoms with Gasteiger partial charge < -0.3 is 5.32 Å². The first-order valence-electron chi connectivity index (χ1n) is 8.88. The van der Waals surface area contributed by atoms with Crippen molar-refractivity contribution in [3.05, 3.63) is 34.9 Å². The molecule has 21 heavy (non-hydrogen) atoms. The minimum atomic E-state index is 0.461. The lowest BCUT2D eigenvalue weighted by Crippen LogP contribution is -2.34. The molecule has 1 aromatic carbocycles. The number of aryl methyl sites for hydroxylation is 2. The van der Waals surface area contributed by atoms with Crippen LogP contribution < -0.4 is 5.32 Å². The van der Waals surface area contributed by atoms with Gasteiger partial charge in [0.25, 0.3) is 0 Å². The second kappa shape index (κ2) is 6.96. The summed E-state index contributed by atoms with van der Waals surface area (Å²) in [6.45, 7) is 12.7. The SMILES string of the molecule is CCNC(c1ccc(CC)c(CC)c1)C1CCCC1(C)C. The quantitative estimate of drug-likeness (QED) is 0.749. The lowest BCUT2D eigenvalue weighted by Gasteiger charge is -2.35. The Morgan fingerprint density at radius 2 is 1.86 bits per heavy atom. The molecule has 1 nitrogen and oxygen atoms in total. The first-order valence-corrected chi connectivity index (χ1v) is 8.88. The molecule has 1 aliphatic rings. The van der Waals surface area contributed by atoms with E-state index in [1.54, 1.807) is 0 Å². The summed E-state index contributed by atoms with van der Waals surface area (Å²) >= 11 is 0. The van der Waals surface area contributed by atoms with Crippen LogP contribution in [0.2, 0.25) is 0 Å². The van der Waals surface area contributed by atoms with E-state index in [0.29, 0.717) is 11.5 Å². The molecule has 1 N–H and O–H groups in total. The van der Waals surface area contributed by atoms with E-state index in [0.717, 1.165) is 25.3 Å². The molecule has 1 saturated carbocycles. The molecule has 1 aromatic rings. The normalized spacial score (nSPS) is 22.4. The van der Waals surface area contributed by atoms with Crippen molar-refractivity contribution < 1.29 is 0 Å². The van der Waals surface area contributed by atoms with Crippen LogP contribution in [0, 0.1) is 11.3 Å². The molecular formula is C20H33N. The minimum Gasteiger partial charge on any atom is -0.310 e. The Hall–Kier alpha value is -0.820. The van der Waals surface area contributed by atoms with E-state index < -0.39 is 0 Å². The van der Waals surface area contributed by atoms with Crippen molar-refractivity contribution in [2.75, 3.05) is 6.54 Å². The molecule has 2 rings (SSSR count). The summed E-state index contributed by atoms with van der Waals surface area (Å²) in [6.07, 6.45) is 6.40. The van der Waals surface area contributed by atoms with Crippen LogP contribution in [-0.4, -0.2) is 6.54 Å². The van der Waals surface area contributed by atoms with Crippen molar-refractivity contribution >= 4 is 0 Å². The molecule has 0 heterocycles. The van der Waals surface area contributed by atoms with Crippen LogP contribution in [0.3, 0.4) is 0 Å². The summed E-state index contributed by atoms with van der Waals surface area (Å²) in [6, 6.07) is 7.73. The molecule has 0 radical (unpaired) electrons. The maximum Gasteiger partial charge on any atom is 0.0353 e. The topological polar surface area (TPSA) is 12.0 Å². The molecule has 1 heteroatoms. The van der Waals surface area contributed by atoms with Gasteiger partial charge in [0.15, 0.2) is 0 Å². The Balaban J connectivity index is 2.34. The Labute approximate surface area is 131 Å². The number of nitrogens with one attached hydrogen (secondary N) is 1. The third kappa shape index (κ3) is 3.51. The highest BCUT2D eigenvalue weighted by atomic mass is 14.9. The average molecular weight is 287 g/mol. The summed E-state index contributed by atoms with van der Waals surface area (Å²) in [5.41, 5.74) is 5.02. The second-order valence-electron chi connectivity index (χ2n) is 7.26. The molecule has 0 saturated heterocycles. The predicted molar refractivity (Wildman–Crippen MR) is 92.7 cm³/mol. The molecule has 0 aromatic heterocycles. The van der Waals surface area contributed by atoms with Crippen molar-refractivity contribution in [1.29, 1.82) is 0 Å². The highest BCUT2D eigenvalue weighted by Gasteiger charge is 2.39. The summed E-state index contributed by atoms with van der Waals surface area (Å²) < 4.78 is 0. The first kappa shape index (κ1) is 16.5. The van der Waals surface area contributed by atoms with Crippen LogP contribution in [0.1, 0.15) is 76.6 Å². The monoisotopic (exact) mass is 287 g/mol. The fraction of sp³-hybridized carbons (Fsp3) is 0.700. The van der Waals surface area contributed by atoms with Crippen LogP contribution in [0.5, 0.6) is 0 Å². The summed E-state index contributed by atoms with van der Waals surface area (Å²) in [7, 11) is 0. The maximum absolute atomic E-state index is 3.79. The molecule has 0 spiro atoms. The fourth-order valence-corrected chi connectivity index (χ4v) is 4.20. The van der Waals surface area contributed by atoms with Crippen LogP contribution in [0.4, 0.5) is 0 Å². The lowest BCUT2D eigenvalue weighted by atomic mass is 9.75. The van der Waals surface area contributed by atoms with E-state index in [1.165, 1.54) is 36.0 Å². The standard InChI is InChI=1S/C20H33N/c1-6-15-11-12-17(14-16(15)7-2)19(21-8-3)18-10-9-13-20(18,4)5/h11-12,14,18-19,21H,6-10,13H2,1-5H3. The van der Waals surface area contributed by atoms with E-state index in [-0.39, 0.29) is 0 Å². The molecule has 1 fully saturated rings. The largest absolute Gasteiger partial charge is 0.310 e. The van der Waals surface area contributed by atoms with Crippen LogP contribution in [0.25, 0.3) is 0 Å². The molecule has 1 aliphatic carbocycles. The van der Waals surface area contributed by atoms with Crippen molar-refractivity contribution in [3.63, 3.8) is 0 Å². The maximum atomic E-state index is 3.79. The highest BCUT2D eigenvalue weighted by Crippen LogP contribution is 2.48. The number of benzene rings is 1. The van der Waals surface area contributed by atoms with E-state index in [2.05, 4.69) is 58.1 Å². The van der Waals surface area contributed by atoms with Gasteiger partial charge in [-0.15, -0.1) is 0 Å². The van der Waals surface area contributed by atoms with Crippen LogP contribution in [-0.2, 0) is 12.8 Å². The zero-order valence-electron chi connectivity index (χ0n) is 14.6. The number of hydrogen-bond acceptors (Lipinski definition) is 1. The smallest absolute Gasteiger partial charge is 0.0353 e. The van der Waals surface area contributed by atoms with Gasteiger partial charge in [0.2, 0.25) is 0 Å². The Morgan fingerprint density at radius 1 is 1.14 bits per heavy atom. The minimum absolute atomic E-state index is 0.461. The third-order valence-electron chi connectivity index (χ3n) is 5.52. The van der Waals surface area contributed by atoms with E-state index in [1.807, 2.05) is 0 Å². The van der Waals surface area contributed by atoms with Gasteiger partial charge in [0.05, 0.1) is 0 Å². The first-order chi connectivity index (χ1) is 10.0.